The molecule has 0 atom stereocenters. The molecule has 122 valence electrons. The van der Waals surface area contributed by atoms with Gasteiger partial charge in [0.25, 0.3) is 0 Å². The number of amides is 2. The van der Waals surface area contributed by atoms with Gasteiger partial charge in [-0.15, -0.1) is 0 Å². The van der Waals surface area contributed by atoms with Crippen molar-refractivity contribution in [1.29, 1.82) is 0 Å². The highest BCUT2D eigenvalue weighted by Gasteiger charge is 2.54. The number of nitrogens with one attached hydrogen (secondary N) is 1. The van der Waals surface area contributed by atoms with Gasteiger partial charge in [0.1, 0.15) is 0 Å². The molecule has 5 nitrogen and oxygen atoms in total. The van der Waals surface area contributed by atoms with Crippen molar-refractivity contribution in [2.75, 3.05) is 13.1 Å². The normalized spacial score (nSPS) is 18.1. The Morgan fingerprint density at radius 3 is 2.64 bits per heavy atom. The summed E-state index contributed by atoms with van der Waals surface area (Å²) in [6.07, 6.45) is -4.07. The van der Waals surface area contributed by atoms with Gasteiger partial charge >= 0.3 is 12.2 Å². The quantitative estimate of drug-likeness (QED) is 0.877. The molecule has 2 N–H and O–H groups in total. The molecule has 2 rings (SSSR count). The van der Waals surface area contributed by atoms with Gasteiger partial charge in [-0.25, -0.2) is 4.79 Å². The molecule has 1 saturated heterocycles. The third-order valence-electron chi connectivity index (χ3n) is 3.93. The molecule has 1 aromatic rings. The second-order valence-electron chi connectivity index (χ2n) is 5.44. The summed E-state index contributed by atoms with van der Waals surface area (Å²) in [5, 5.41) is 12.2. The first kappa shape index (κ1) is 16.5. The van der Waals surface area contributed by atoms with Gasteiger partial charge in [0.15, 0.2) is 5.60 Å². The molecule has 0 bridgehead atoms. The average Bonchev–Trinajstić information content (AvgIpc) is 2.46. The van der Waals surface area contributed by atoms with Gasteiger partial charge < -0.3 is 15.3 Å². The van der Waals surface area contributed by atoms with E-state index in [2.05, 4.69) is 10.3 Å². The summed E-state index contributed by atoms with van der Waals surface area (Å²) in [6, 6.07) is 3.19. The minimum Gasteiger partial charge on any atom is -0.380 e. The fourth-order valence-electron chi connectivity index (χ4n) is 2.34. The molecule has 1 aromatic heterocycles. The minimum absolute atomic E-state index is 0.136. The molecule has 1 fully saturated rings. The smallest absolute Gasteiger partial charge is 0.380 e. The Balaban J connectivity index is 1.87. The number of hydrogen-bond acceptors (Lipinski definition) is 3. The van der Waals surface area contributed by atoms with E-state index in [9.17, 15) is 23.1 Å². The van der Waals surface area contributed by atoms with Gasteiger partial charge in [0.2, 0.25) is 0 Å². The summed E-state index contributed by atoms with van der Waals surface area (Å²) < 4.78 is 38.1. The number of piperidine rings is 1. The second-order valence-corrected chi connectivity index (χ2v) is 5.44. The molecule has 2 amide bonds. The molecule has 0 radical (unpaired) electrons. The maximum Gasteiger partial charge on any atom is 0.417 e. The number of carbonyl (C=O) groups is 1. The van der Waals surface area contributed by atoms with Crippen LogP contribution in [0.25, 0.3) is 0 Å². The summed E-state index contributed by atoms with van der Waals surface area (Å²) >= 11 is 0. The van der Waals surface area contributed by atoms with Gasteiger partial charge in [0, 0.05) is 32.1 Å². The molecule has 2 heterocycles. The number of aliphatic hydroxyl groups is 1. The maximum atomic E-state index is 12.7. The van der Waals surface area contributed by atoms with Crippen molar-refractivity contribution < 1.29 is 23.1 Å². The first-order valence-electron chi connectivity index (χ1n) is 6.95. The van der Waals surface area contributed by atoms with Crippen LogP contribution in [0.3, 0.4) is 0 Å². The Bertz CT molecular complexity index is 540. The van der Waals surface area contributed by atoms with E-state index in [-0.39, 0.29) is 19.6 Å². The zero-order valence-corrected chi connectivity index (χ0v) is 12.2. The van der Waals surface area contributed by atoms with E-state index in [1.54, 1.807) is 12.3 Å². The lowest BCUT2D eigenvalue weighted by atomic mass is 9.91. The van der Waals surface area contributed by atoms with Crippen molar-refractivity contribution in [2.24, 2.45) is 0 Å². The molecular formula is C14H18F3N3O2. The Morgan fingerprint density at radius 1 is 1.45 bits per heavy atom. The number of urea groups is 1. The Kier molecular flexibility index (Phi) is 4.60. The predicted octanol–water partition coefficient (Wildman–Crippen LogP) is 1.99. The summed E-state index contributed by atoms with van der Waals surface area (Å²) in [4.78, 5) is 17.4. The Labute approximate surface area is 126 Å². The topological polar surface area (TPSA) is 65.5 Å². The van der Waals surface area contributed by atoms with Gasteiger partial charge in [0.05, 0.1) is 12.2 Å². The first-order chi connectivity index (χ1) is 10.2. The molecule has 1 aliphatic heterocycles. The van der Waals surface area contributed by atoms with E-state index in [0.717, 1.165) is 5.56 Å². The van der Waals surface area contributed by atoms with Crippen molar-refractivity contribution in [3.63, 3.8) is 0 Å². The second kappa shape index (κ2) is 6.12. The highest BCUT2D eigenvalue weighted by molar-refractivity contribution is 5.74. The zero-order valence-electron chi connectivity index (χ0n) is 12.2. The number of carbonyl (C=O) groups excluding carboxylic acids is 1. The van der Waals surface area contributed by atoms with Crippen molar-refractivity contribution in [3.8, 4) is 0 Å². The molecule has 8 heteroatoms. The van der Waals surface area contributed by atoms with E-state index >= 15 is 0 Å². The van der Waals surface area contributed by atoms with Crippen molar-refractivity contribution in [1.82, 2.24) is 15.2 Å². The van der Waals surface area contributed by atoms with Crippen LogP contribution in [0, 0.1) is 6.92 Å². The SMILES string of the molecule is Cc1cccnc1CNC(=O)N1CCC(O)(C(F)(F)F)CC1. The van der Waals surface area contributed by atoms with Crippen molar-refractivity contribution in [3.05, 3.63) is 29.6 Å². The van der Waals surface area contributed by atoms with Gasteiger partial charge in [-0.3, -0.25) is 4.98 Å². The molecular weight excluding hydrogens is 299 g/mol. The van der Waals surface area contributed by atoms with Crippen LogP contribution in [-0.2, 0) is 6.54 Å². The van der Waals surface area contributed by atoms with Crippen LogP contribution in [0.5, 0.6) is 0 Å². The van der Waals surface area contributed by atoms with Crippen molar-refractivity contribution >= 4 is 6.03 Å². The molecule has 0 saturated carbocycles. The number of alkyl halides is 3. The molecule has 22 heavy (non-hydrogen) atoms. The van der Waals surface area contributed by atoms with Gasteiger partial charge in [-0.1, -0.05) is 6.07 Å². The number of pyridine rings is 1. The van der Waals surface area contributed by atoms with Gasteiger partial charge in [-0.05, 0) is 18.6 Å². The lowest BCUT2D eigenvalue weighted by molar-refractivity contribution is -0.271. The van der Waals surface area contributed by atoms with E-state index in [1.165, 1.54) is 4.90 Å². The molecule has 1 aliphatic rings. The molecule has 0 spiro atoms. The number of hydrogen-bond donors (Lipinski definition) is 2. The van der Waals surface area contributed by atoms with Crippen LogP contribution in [0.4, 0.5) is 18.0 Å². The third kappa shape index (κ3) is 3.49. The summed E-state index contributed by atoms with van der Waals surface area (Å²) in [6.45, 7) is 1.80. The fraction of sp³-hybridized carbons (Fsp3) is 0.571. The maximum absolute atomic E-state index is 12.7. The van der Waals surface area contributed by atoms with Crippen LogP contribution in [-0.4, -0.2) is 45.9 Å². The third-order valence-corrected chi connectivity index (χ3v) is 3.93. The molecule has 0 aliphatic carbocycles. The highest BCUT2D eigenvalue weighted by Crippen LogP contribution is 2.38. The highest BCUT2D eigenvalue weighted by atomic mass is 19.4. The number of aromatic nitrogens is 1. The number of likely N-dealkylation sites (tertiary alicyclic amines) is 1. The average molecular weight is 317 g/mol. The summed E-state index contributed by atoms with van der Waals surface area (Å²) in [5.41, 5.74) is -1.06. The van der Waals surface area contributed by atoms with Crippen LogP contribution < -0.4 is 5.32 Å². The summed E-state index contributed by atoms with van der Waals surface area (Å²) in [7, 11) is 0. The summed E-state index contributed by atoms with van der Waals surface area (Å²) in [5.74, 6) is 0. The largest absolute Gasteiger partial charge is 0.417 e. The van der Waals surface area contributed by atoms with Gasteiger partial charge in [-0.2, -0.15) is 13.2 Å². The van der Waals surface area contributed by atoms with Crippen molar-refractivity contribution in [2.45, 2.75) is 38.1 Å². The fourth-order valence-corrected chi connectivity index (χ4v) is 2.34. The van der Waals surface area contributed by atoms with E-state index in [0.29, 0.717) is 5.69 Å². The lowest BCUT2D eigenvalue weighted by Gasteiger charge is -2.39. The van der Waals surface area contributed by atoms with Crippen LogP contribution >= 0.6 is 0 Å². The number of nitrogens with zero attached hydrogens (tertiary/aromatic N) is 2. The van der Waals surface area contributed by atoms with E-state index in [1.807, 2.05) is 13.0 Å². The number of aryl methyl sites for hydroxylation is 1. The Hall–Kier alpha value is -1.83. The molecule has 0 aromatic carbocycles. The molecule has 0 unspecified atom stereocenters. The predicted molar refractivity (Wildman–Crippen MR) is 73.0 cm³/mol. The number of halogens is 3. The van der Waals surface area contributed by atoms with Crippen LogP contribution in [0.1, 0.15) is 24.1 Å². The zero-order chi connectivity index (χ0) is 16.4. The van der Waals surface area contributed by atoms with E-state index in [4.69, 9.17) is 0 Å². The lowest BCUT2D eigenvalue weighted by Crippen LogP contribution is -2.55. The van der Waals surface area contributed by atoms with Crippen LogP contribution in [0.2, 0.25) is 0 Å². The first-order valence-corrected chi connectivity index (χ1v) is 6.95. The van der Waals surface area contributed by atoms with E-state index < -0.39 is 30.7 Å². The monoisotopic (exact) mass is 317 g/mol. The minimum atomic E-state index is -4.67. The number of rotatable bonds is 2. The van der Waals surface area contributed by atoms with Crippen LogP contribution in [0.15, 0.2) is 18.3 Å². The standard InChI is InChI=1S/C14H18F3N3O2/c1-10-3-2-6-18-11(10)9-19-12(21)20-7-4-13(22,5-8-20)14(15,16)17/h2-3,6,22H,4-5,7-9H2,1H3,(H,19,21). The Morgan fingerprint density at radius 2 is 2.09 bits per heavy atom.